The summed E-state index contributed by atoms with van der Waals surface area (Å²) in [6.07, 6.45) is -1.07. The van der Waals surface area contributed by atoms with Crippen molar-refractivity contribution in [2.24, 2.45) is 0 Å². The topological polar surface area (TPSA) is 54.4 Å². The first kappa shape index (κ1) is 14.1. The zero-order valence-electron chi connectivity index (χ0n) is 10.0. The summed E-state index contributed by atoms with van der Waals surface area (Å²) in [6, 6.07) is 14.6. The van der Waals surface area contributed by atoms with Crippen LogP contribution in [0.1, 0.15) is 11.7 Å². The molecule has 0 saturated heterocycles. The normalized spacial score (nSPS) is 13.2. The van der Waals surface area contributed by atoms with Gasteiger partial charge in [-0.3, -0.25) is 0 Å². The molecule has 0 aromatic heterocycles. The molecule has 1 N–H and O–H groups in total. The van der Waals surface area contributed by atoms with Gasteiger partial charge < -0.3 is 5.11 Å². The Hall–Kier alpha value is -1.36. The van der Waals surface area contributed by atoms with Crippen LogP contribution in [0.5, 0.6) is 0 Å². The van der Waals surface area contributed by atoms with Gasteiger partial charge in [0.25, 0.3) is 0 Å². The third kappa shape index (κ3) is 3.56. The number of rotatable bonds is 4. The van der Waals surface area contributed by atoms with Crippen molar-refractivity contribution in [2.45, 2.75) is 11.0 Å². The molecule has 5 heteroatoms. The zero-order chi connectivity index (χ0) is 13.9. The molecule has 2 aromatic carbocycles. The van der Waals surface area contributed by atoms with E-state index >= 15 is 0 Å². The van der Waals surface area contributed by atoms with Gasteiger partial charge in [-0.2, -0.15) is 0 Å². The van der Waals surface area contributed by atoms with Crippen LogP contribution in [0.25, 0.3) is 0 Å². The zero-order valence-corrected chi connectivity index (χ0v) is 11.6. The van der Waals surface area contributed by atoms with E-state index in [9.17, 15) is 13.5 Å². The van der Waals surface area contributed by atoms with Gasteiger partial charge in [-0.05, 0) is 29.8 Å². The van der Waals surface area contributed by atoms with Crippen molar-refractivity contribution in [3.05, 3.63) is 65.2 Å². The Labute approximate surface area is 117 Å². The molecule has 0 aliphatic rings. The van der Waals surface area contributed by atoms with Crippen molar-refractivity contribution in [1.82, 2.24) is 0 Å². The Kier molecular flexibility index (Phi) is 4.24. The molecule has 100 valence electrons. The molecule has 2 aromatic rings. The van der Waals surface area contributed by atoms with E-state index in [0.29, 0.717) is 10.6 Å². The minimum absolute atomic E-state index is 0.211. The second-order valence-corrected chi connectivity index (χ2v) is 6.63. The maximum atomic E-state index is 12.1. The molecule has 0 aliphatic carbocycles. The number of hydrogen-bond donors (Lipinski definition) is 1. The quantitative estimate of drug-likeness (QED) is 0.944. The Morgan fingerprint density at radius 3 is 2.16 bits per heavy atom. The lowest BCUT2D eigenvalue weighted by molar-refractivity contribution is 0.201. The second kappa shape index (κ2) is 5.74. The molecule has 0 spiro atoms. The number of aliphatic hydroxyl groups excluding tert-OH is 1. The van der Waals surface area contributed by atoms with E-state index in [2.05, 4.69) is 0 Å². The van der Waals surface area contributed by atoms with Gasteiger partial charge >= 0.3 is 0 Å². The summed E-state index contributed by atoms with van der Waals surface area (Å²) < 4.78 is 24.2. The summed E-state index contributed by atoms with van der Waals surface area (Å²) in [5.41, 5.74) is 0.531. The Balaban J connectivity index is 2.19. The molecule has 1 unspecified atom stereocenters. The van der Waals surface area contributed by atoms with Crippen LogP contribution < -0.4 is 0 Å². The van der Waals surface area contributed by atoms with E-state index in [1.165, 1.54) is 12.1 Å². The van der Waals surface area contributed by atoms with E-state index in [-0.39, 0.29) is 10.6 Å². The van der Waals surface area contributed by atoms with Crippen LogP contribution in [0.15, 0.2) is 59.5 Å². The summed E-state index contributed by atoms with van der Waals surface area (Å²) in [4.78, 5) is 0.211. The van der Waals surface area contributed by atoms with Crippen molar-refractivity contribution >= 4 is 21.4 Å². The molecule has 19 heavy (non-hydrogen) atoms. The lowest BCUT2D eigenvalue weighted by atomic mass is 10.1. The minimum atomic E-state index is -3.50. The van der Waals surface area contributed by atoms with Crippen LogP contribution in [0.4, 0.5) is 0 Å². The van der Waals surface area contributed by atoms with Gasteiger partial charge in [0, 0.05) is 5.02 Å². The van der Waals surface area contributed by atoms with Gasteiger partial charge in [-0.25, -0.2) is 8.42 Å². The first-order valence-corrected chi connectivity index (χ1v) is 7.73. The fourth-order valence-corrected chi connectivity index (χ4v) is 3.21. The van der Waals surface area contributed by atoms with Crippen LogP contribution >= 0.6 is 11.6 Å². The summed E-state index contributed by atoms with van der Waals surface area (Å²) in [5, 5.41) is 10.5. The number of halogens is 1. The van der Waals surface area contributed by atoms with Crippen molar-refractivity contribution < 1.29 is 13.5 Å². The Bertz CT molecular complexity index is 636. The molecular formula is C14H13ClO3S. The predicted octanol–water partition coefficient (Wildman–Crippen LogP) is 2.85. The van der Waals surface area contributed by atoms with Crippen LogP contribution in [0.2, 0.25) is 5.02 Å². The minimum Gasteiger partial charge on any atom is -0.387 e. The van der Waals surface area contributed by atoms with Gasteiger partial charge in [-0.1, -0.05) is 41.9 Å². The first-order valence-electron chi connectivity index (χ1n) is 5.70. The third-order valence-corrected chi connectivity index (χ3v) is 4.73. The molecule has 0 saturated carbocycles. The van der Waals surface area contributed by atoms with Crippen LogP contribution in [0.3, 0.4) is 0 Å². The molecule has 2 rings (SSSR count). The van der Waals surface area contributed by atoms with Crippen LogP contribution in [-0.4, -0.2) is 19.3 Å². The molecule has 3 nitrogen and oxygen atoms in total. The highest BCUT2D eigenvalue weighted by Gasteiger charge is 2.20. The van der Waals surface area contributed by atoms with Crippen LogP contribution in [0, 0.1) is 0 Å². The van der Waals surface area contributed by atoms with Gasteiger partial charge in [-0.15, -0.1) is 0 Å². The number of aliphatic hydroxyl groups is 1. The number of sulfone groups is 1. The van der Waals surface area contributed by atoms with Crippen molar-refractivity contribution in [2.75, 3.05) is 5.75 Å². The van der Waals surface area contributed by atoms with Gasteiger partial charge in [0.2, 0.25) is 0 Å². The highest BCUT2D eigenvalue weighted by atomic mass is 35.5. The number of benzene rings is 2. The summed E-state index contributed by atoms with van der Waals surface area (Å²) in [6.45, 7) is 0. The predicted molar refractivity (Wildman–Crippen MR) is 74.9 cm³/mol. The van der Waals surface area contributed by atoms with Gasteiger partial charge in [0.05, 0.1) is 16.8 Å². The van der Waals surface area contributed by atoms with E-state index in [4.69, 9.17) is 11.6 Å². The summed E-state index contributed by atoms with van der Waals surface area (Å²) >= 11 is 5.75. The van der Waals surface area contributed by atoms with Crippen LogP contribution in [-0.2, 0) is 9.84 Å². The van der Waals surface area contributed by atoms with E-state index in [0.717, 1.165) is 0 Å². The molecule has 0 heterocycles. The number of hydrogen-bond acceptors (Lipinski definition) is 3. The second-order valence-electron chi connectivity index (χ2n) is 4.16. The molecule has 1 atom stereocenters. The van der Waals surface area contributed by atoms with Gasteiger partial charge in [0.15, 0.2) is 9.84 Å². The average molecular weight is 297 g/mol. The molecule has 0 fully saturated rings. The summed E-state index contributed by atoms with van der Waals surface area (Å²) in [5.74, 6) is -0.349. The third-order valence-electron chi connectivity index (χ3n) is 2.73. The fourth-order valence-electron chi connectivity index (χ4n) is 1.71. The van der Waals surface area contributed by atoms with E-state index in [1.807, 2.05) is 0 Å². The summed E-state index contributed by atoms with van der Waals surface area (Å²) in [7, 11) is -3.50. The van der Waals surface area contributed by atoms with Crippen molar-refractivity contribution in [3.8, 4) is 0 Å². The molecule has 0 aliphatic heterocycles. The smallest absolute Gasteiger partial charge is 0.181 e. The SMILES string of the molecule is O=S(=O)(CC(O)c1ccc(Cl)cc1)c1ccccc1. The van der Waals surface area contributed by atoms with E-state index in [1.54, 1.807) is 42.5 Å². The molecule has 0 bridgehead atoms. The highest BCUT2D eigenvalue weighted by molar-refractivity contribution is 7.91. The molecule has 0 amide bonds. The van der Waals surface area contributed by atoms with Crippen molar-refractivity contribution in [1.29, 1.82) is 0 Å². The average Bonchev–Trinajstić information content (AvgIpc) is 2.40. The first-order chi connectivity index (χ1) is 8.99. The maximum Gasteiger partial charge on any atom is 0.181 e. The monoisotopic (exact) mass is 296 g/mol. The highest BCUT2D eigenvalue weighted by Crippen LogP contribution is 2.21. The Morgan fingerprint density at radius 1 is 1.00 bits per heavy atom. The Morgan fingerprint density at radius 2 is 1.58 bits per heavy atom. The molecule has 0 radical (unpaired) electrons. The van der Waals surface area contributed by atoms with Crippen molar-refractivity contribution in [3.63, 3.8) is 0 Å². The largest absolute Gasteiger partial charge is 0.387 e. The fraction of sp³-hybridized carbons (Fsp3) is 0.143. The lowest BCUT2D eigenvalue weighted by Gasteiger charge is -2.11. The maximum absolute atomic E-state index is 12.1. The lowest BCUT2D eigenvalue weighted by Crippen LogP contribution is -2.14. The molecular weight excluding hydrogens is 284 g/mol. The standard InChI is InChI=1S/C14H13ClO3S/c15-12-8-6-11(7-9-12)14(16)10-19(17,18)13-4-2-1-3-5-13/h1-9,14,16H,10H2. The van der Waals surface area contributed by atoms with E-state index < -0.39 is 15.9 Å². The van der Waals surface area contributed by atoms with Gasteiger partial charge in [0.1, 0.15) is 0 Å².